The molecule has 1 aromatic heterocycles. The van der Waals surface area contributed by atoms with Crippen LogP contribution in [0.3, 0.4) is 0 Å². The normalized spacial score (nSPS) is 12.9. The summed E-state index contributed by atoms with van der Waals surface area (Å²) in [7, 11) is 0. The zero-order valence-corrected chi connectivity index (χ0v) is 26.3. The number of fused-ring (bicyclic) bond motifs is 3. The number of rotatable bonds is 8. The Morgan fingerprint density at radius 2 is 1.52 bits per heavy atom. The van der Waals surface area contributed by atoms with Crippen molar-refractivity contribution >= 4 is 68.1 Å². The largest absolute Gasteiger partial charge is 0.321 e. The molecule has 6 rings (SSSR count). The van der Waals surface area contributed by atoms with E-state index < -0.39 is 5.91 Å². The highest BCUT2D eigenvalue weighted by Crippen LogP contribution is 2.33. The smallest absolute Gasteiger partial charge is 0.272 e. The van der Waals surface area contributed by atoms with Crippen molar-refractivity contribution in [1.82, 2.24) is 9.88 Å². The Bertz CT molecular complexity index is 1860. The van der Waals surface area contributed by atoms with Gasteiger partial charge in [-0.05, 0) is 97.5 Å². The Hall–Kier alpha value is -4.40. The van der Waals surface area contributed by atoms with Crippen LogP contribution in [0.15, 0.2) is 118 Å². The van der Waals surface area contributed by atoms with Crippen LogP contribution in [0.5, 0.6) is 0 Å². The lowest BCUT2D eigenvalue weighted by molar-refractivity contribution is -0.113. The number of carbonyl (C=O) groups is 3. The first kappa shape index (κ1) is 29.7. The van der Waals surface area contributed by atoms with Gasteiger partial charge in [0.25, 0.3) is 11.8 Å². The van der Waals surface area contributed by atoms with Gasteiger partial charge in [-0.3, -0.25) is 19.0 Å². The number of halogens is 1. The van der Waals surface area contributed by atoms with Gasteiger partial charge in [0.15, 0.2) is 0 Å². The van der Waals surface area contributed by atoms with Gasteiger partial charge in [0.05, 0.1) is 11.3 Å². The van der Waals surface area contributed by atoms with Crippen molar-refractivity contribution in [3.8, 4) is 0 Å². The van der Waals surface area contributed by atoms with Crippen LogP contribution in [0.2, 0.25) is 0 Å². The Morgan fingerprint density at radius 3 is 2.30 bits per heavy atom. The number of nitrogens with zero attached hydrogens (tertiary/aromatic N) is 1. The summed E-state index contributed by atoms with van der Waals surface area (Å²) in [5.41, 5.74) is 5.38. The van der Waals surface area contributed by atoms with Gasteiger partial charge < -0.3 is 10.6 Å². The molecular formula is C36H30BrN3O3S. The van der Waals surface area contributed by atoms with Gasteiger partial charge in [0, 0.05) is 31.7 Å². The number of aryl methyl sites for hydroxylation is 1. The number of anilines is 1. The number of hydrogen-bond donors (Lipinski definition) is 2. The number of amides is 2. The van der Waals surface area contributed by atoms with E-state index in [1.54, 1.807) is 42.5 Å². The predicted molar refractivity (Wildman–Crippen MR) is 181 cm³/mol. The van der Waals surface area contributed by atoms with E-state index in [1.807, 2.05) is 65.2 Å². The van der Waals surface area contributed by atoms with Gasteiger partial charge in [-0.25, -0.2) is 0 Å². The molecule has 1 aliphatic rings. The van der Waals surface area contributed by atoms with E-state index in [4.69, 9.17) is 0 Å². The maximum atomic E-state index is 13.5. The molecule has 0 spiro atoms. The van der Waals surface area contributed by atoms with Gasteiger partial charge >= 0.3 is 0 Å². The third-order valence-corrected chi connectivity index (χ3v) is 9.14. The maximum Gasteiger partial charge on any atom is 0.272 e. The van der Waals surface area contributed by atoms with Crippen LogP contribution in [0.1, 0.15) is 44.8 Å². The average molecular weight is 665 g/mol. The zero-order chi connectivity index (χ0) is 30.5. The number of carbonyl (C=O) groups excluding carboxylic acids is 3. The molecule has 5 aromatic rings. The van der Waals surface area contributed by atoms with E-state index in [0.717, 1.165) is 51.8 Å². The number of nitrogens with one attached hydrogen (secondary N) is 2. The lowest BCUT2D eigenvalue weighted by atomic mass is 9.96. The minimum atomic E-state index is -0.447. The minimum absolute atomic E-state index is 0.0728. The molecule has 4 aromatic carbocycles. The number of aromatic nitrogens is 1. The molecule has 0 bridgehead atoms. The molecule has 0 radical (unpaired) electrons. The van der Waals surface area contributed by atoms with Gasteiger partial charge in [0.1, 0.15) is 5.70 Å². The Kier molecular flexibility index (Phi) is 9.09. The van der Waals surface area contributed by atoms with Crippen molar-refractivity contribution in [1.29, 1.82) is 0 Å². The molecule has 0 saturated heterocycles. The number of hydrogen-bond acceptors (Lipinski definition) is 4. The molecule has 0 fully saturated rings. The molecule has 0 saturated carbocycles. The fourth-order valence-electron chi connectivity index (χ4n) is 5.49. The first-order valence-corrected chi connectivity index (χ1v) is 16.3. The summed E-state index contributed by atoms with van der Waals surface area (Å²) in [5.74, 6) is -0.444. The first-order chi connectivity index (χ1) is 21.5. The Labute approximate surface area is 268 Å². The highest BCUT2D eigenvalue weighted by Gasteiger charge is 2.23. The first-order valence-electron chi connectivity index (χ1n) is 14.5. The molecule has 0 aliphatic heterocycles. The Balaban J connectivity index is 1.14. The second-order valence-corrected chi connectivity index (χ2v) is 12.5. The molecule has 8 heteroatoms. The van der Waals surface area contributed by atoms with Gasteiger partial charge in [0.2, 0.25) is 5.91 Å². The van der Waals surface area contributed by atoms with Gasteiger partial charge in [-0.15, -0.1) is 11.8 Å². The van der Waals surface area contributed by atoms with Gasteiger partial charge in [-0.2, -0.15) is 0 Å². The summed E-state index contributed by atoms with van der Waals surface area (Å²) in [6.45, 7) is 0. The number of benzene rings is 4. The van der Waals surface area contributed by atoms with E-state index in [9.17, 15) is 14.4 Å². The lowest BCUT2D eigenvalue weighted by Crippen LogP contribution is -2.30. The van der Waals surface area contributed by atoms with Crippen LogP contribution in [0.4, 0.5) is 5.69 Å². The van der Waals surface area contributed by atoms with Crippen molar-refractivity contribution in [2.45, 2.75) is 30.6 Å². The molecule has 1 heterocycles. The highest BCUT2D eigenvalue weighted by atomic mass is 79.9. The van der Waals surface area contributed by atoms with Crippen LogP contribution in [0.25, 0.3) is 17.0 Å². The number of para-hydroxylation sites is 1. The van der Waals surface area contributed by atoms with E-state index in [-0.39, 0.29) is 17.5 Å². The number of thioether (sulfide) groups is 1. The summed E-state index contributed by atoms with van der Waals surface area (Å²) >= 11 is 4.90. The summed E-state index contributed by atoms with van der Waals surface area (Å²) in [4.78, 5) is 40.6. The highest BCUT2D eigenvalue weighted by molar-refractivity contribution is 9.10. The maximum absolute atomic E-state index is 13.5. The molecule has 220 valence electrons. The quantitative estimate of drug-likeness (QED) is 0.130. The van der Waals surface area contributed by atoms with Crippen molar-refractivity contribution in [2.24, 2.45) is 0 Å². The lowest BCUT2D eigenvalue weighted by Gasteiger charge is -2.15. The molecule has 44 heavy (non-hydrogen) atoms. The SMILES string of the molecule is O=C(Nc1ccc(SCC(=O)n2c3c(c4ccccc42)CCCC3)cc1)/C(=C/c1ccc(Br)cc1)NC(=O)c1ccccc1. The van der Waals surface area contributed by atoms with Crippen LogP contribution in [0, 0.1) is 0 Å². The molecule has 1 aliphatic carbocycles. The fourth-order valence-corrected chi connectivity index (χ4v) is 6.50. The monoisotopic (exact) mass is 663 g/mol. The van der Waals surface area contributed by atoms with Crippen LogP contribution < -0.4 is 10.6 Å². The van der Waals surface area contributed by atoms with E-state index in [1.165, 1.54) is 22.7 Å². The second kappa shape index (κ2) is 13.5. The Morgan fingerprint density at radius 1 is 0.818 bits per heavy atom. The second-order valence-electron chi connectivity index (χ2n) is 10.6. The van der Waals surface area contributed by atoms with Crippen LogP contribution in [-0.2, 0) is 17.6 Å². The van der Waals surface area contributed by atoms with Crippen molar-refractivity contribution in [3.05, 3.63) is 136 Å². The standard InChI is InChI=1S/C36H30BrN3O3S/c37-26-16-14-24(15-17-26)22-31(39-35(42)25-8-2-1-3-9-25)36(43)38-27-18-20-28(21-19-27)44-23-34(41)40-32-12-6-4-10-29(32)30-11-5-7-13-33(30)40/h1-4,6,8-10,12,14-22H,5,7,11,13,23H2,(H,38,43)(H,39,42)/b31-22-. The van der Waals surface area contributed by atoms with Crippen LogP contribution in [-0.4, -0.2) is 28.0 Å². The van der Waals surface area contributed by atoms with E-state index in [2.05, 4.69) is 32.6 Å². The van der Waals surface area contributed by atoms with Crippen molar-refractivity contribution < 1.29 is 14.4 Å². The molecule has 2 N–H and O–H groups in total. The summed E-state index contributed by atoms with van der Waals surface area (Å²) in [6, 6.07) is 31.8. The topological polar surface area (TPSA) is 80.2 Å². The third-order valence-electron chi connectivity index (χ3n) is 7.61. The molecule has 0 atom stereocenters. The van der Waals surface area contributed by atoms with Crippen molar-refractivity contribution in [2.75, 3.05) is 11.1 Å². The molecular weight excluding hydrogens is 634 g/mol. The summed E-state index contributed by atoms with van der Waals surface area (Å²) in [6.07, 6.45) is 5.86. The average Bonchev–Trinajstić information content (AvgIpc) is 3.40. The summed E-state index contributed by atoms with van der Waals surface area (Å²) < 4.78 is 2.84. The van der Waals surface area contributed by atoms with E-state index >= 15 is 0 Å². The van der Waals surface area contributed by atoms with Crippen molar-refractivity contribution in [3.63, 3.8) is 0 Å². The van der Waals surface area contributed by atoms with E-state index in [0.29, 0.717) is 17.0 Å². The predicted octanol–water partition coefficient (Wildman–Crippen LogP) is 8.12. The minimum Gasteiger partial charge on any atom is -0.321 e. The fraction of sp³-hybridized carbons (Fsp3) is 0.139. The van der Waals surface area contributed by atoms with Gasteiger partial charge in [-0.1, -0.05) is 64.5 Å². The zero-order valence-electron chi connectivity index (χ0n) is 23.9. The molecule has 0 unspecified atom stereocenters. The summed E-state index contributed by atoms with van der Waals surface area (Å²) in [5, 5.41) is 6.84. The third kappa shape index (κ3) is 6.72. The van der Waals surface area contributed by atoms with Crippen LogP contribution >= 0.6 is 27.7 Å². The molecule has 2 amide bonds. The molecule has 6 nitrogen and oxygen atoms in total.